The minimum atomic E-state index is -3.25. The Morgan fingerprint density at radius 2 is 1.79 bits per heavy atom. The molecule has 0 aliphatic heterocycles. The molecule has 152 valence electrons. The highest BCUT2D eigenvalue weighted by Gasteiger charge is 2.45. The van der Waals surface area contributed by atoms with E-state index >= 15 is 0 Å². The first kappa shape index (κ1) is 18.4. The van der Waals surface area contributed by atoms with E-state index in [-0.39, 0.29) is 10.5 Å². The van der Waals surface area contributed by atoms with Crippen LogP contribution in [-0.4, -0.2) is 29.4 Å². The van der Waals surface area contributed by atoms with Crippen LogP contribution < -0.4 is 10.9 Å². The predicted octanol–water partition coefficient (Wildman–Crippen LogP) is 3.77. The van der Waals surface area contributed by atoms with Crippen LogP contribution in [0.15, 0.2) is 46.2 Å². The van der Waals surface area contributed by atoms with E-state index in [2.05, 4.69) is 10.3 Å². The Kier molecular flexibility index (Phi) is 4.10. The molecule has 0 amide bonds. The van der Waals surface area contributed by atoms with Crippen LogP contribution in [0.1, 0.15) is 44.6 Å². The third kappa shape index (κ3) is 3.35. The quantitative estimate of drug-likeness (QED) is 0.680. The number of pyridine rings is 1. The molecule has 2 aliphatic rings. The molecule has 1 aromatic carbocycles. The summed E-state index contributed by atoms with van der Waals surface area (Å²) >= 11 is 0. The number of fused-ring (bicyclic) bond motifs is 1. The SMILES string of the molecule is CS(=O)(=O)c1ccc(Nc2nn(C3CCC4(CC3)CC4)c3cc[nH]c(=O)c23)cc1. The lowest BCUT2D eigenvalue weighted by atomic mass is 9.83. The van der Waals surface area contributed by atoms with Crippen LogP contribution in [0.5, 0.6) is 0 Å². The van der Waals surface area contributed by atoms with E-state index < -0.39 is 9.84 Å². The second-order valence-corrected chi connectivity index (χ2v) is 10.5. The van der Waals surface area contributed by atoms with Crippen molar-refractivity contribution in [1.29, 1.82) is 0 Å². The standard InChI is InChI=1S/C21H24N4O3S/c1-29(27,28)16-4-2-14(3-5-16)23-19-18-17(8-13-22-20(18)26)25(24-19)15-6-9-21(10-7-15)11-12-21/h2-5,8,13,15H,6-7,9-12H2,1H3,(H,22,26)(H,23,24). The summed E-state index contributed by atoms with van der Waals surface area (Å²) in [5, 5.41) is 8.52. The lowest BCUT2D eigenvalue weighted by Gasteiger charge is -2.29. The van der Waals surface area contributed by atoms with Crippen LogP contribution >= 0.6 is 0 Å². The summed E-state index contributed by atoms with van der Waals surface area (Å²) in [7, 11) is -3.25. The number of hydrogen-bond donors (Lipinski definition) is 2. The number of benzene rings is 1. The van der Waals surface area contributed by atoms with Gasteiger partial charge in [-0.15, -0.1) is 0 Å². The summed E-state index contributed by atoms with van der Waals surface area (Å²) in [4.78, 5) is 15.6. The molecular formula is C21H24N4O3S. The van der Waals surface area contributed by atoms with Crippen molar-refractivity contribution in [2.24, 2.45) is 5.41 Å². The molecule has 2 aromatic heterocycles. The maximum Gasteiger partial charge on any atom is 0.261 e. The molecule has 5 rings (SSSR count). The first-order valence-electron chi connectivity index (χ1n) is 10.0. The van der Waals surface area contributed by atoms with Crippen LogP contribution in [0.25, 0.3) is 10.9 Å². The van der Waals surface area contributed by atoms with Crippen LogP contribution in [0.4, 0.5) is 11.5 Å². The number of anilines is 2. The first-order chi connectivity index (χ1) is 13.8. The van der Waals surface area contributed by atoms with Gasteiger partial charge in [-0.25, -0.2) is 8.42 Å². The molecule has 1 spiro atoms. The zero-order valence-corrected chi connectivity index (χ0v) is 17.1. The Bertz CT molecular complexity index is 1230. The van der Waals surface area contributed by atoms with E-state index in [0.717, 1.165) is 18.4 Å². The minimum absolute atomic E-state index is 0.182. The van der Waals surface area contributed by atoms with Gasteiger partial charge in [-0.3, -0.25) is 9.48 Å². The van der Waals surface area contributed by atoms with Gasteiger partial charge in [0.15, 0.2) is 15.7 Å². The fourth-order valence-electron chi connectivity index (χ4n) is 4.52. The monoisotopic (exact) mass is 412 g/mol. The number of H-pyrrole nitrogens is 1. The van der Waals surface area contributed by atoms with Crippen molar-refractivity contribution in [3.05, 3.63) is 46.9 Å². The molecule has 0 bridgehead atoms. The van der Waals surface area contributed by atoms with Crippen molar-refractivity contribution in [3.63, 3.8) is 0 Å². The average Bonchev–Trinajstić information content (AvgIpc) is 3.34. The maximum atomic E-state index is 12.6. The van der Waals surface area contributed by atoms with Gasteiger partial charge in [0.2, 0.25) is 0 Å². The van der Waals surface area contributed by atoms with Gasteiger partial charge in [0.05, 0.1) is 16.5 Å². The molecule has 7 nitrogen and oxygen atoms in total. The van der Waals surface area contributed by atoms with Gasteiger partial charge >= 0.3 is 0 Å². The van der Waals surface area contributed by atoms with Gasteiger partial charge in [0.1, 0.15) is 5.39 Å². The molecule has 2 saturated carbocycles. The molecule has 2 heterocycles. The first-order valence-corrected chi connectivity index (χ1v) is 11.9. The molecular weight excluding hydrogens is 388 g/mol. The number of rotatable bonds is 4. The van der Waals surface area contributed by atoms with Crippen molar-refractivity contribution >= 4 is 32.2 Å². The van der Waals surface area contributed by atoms with Crippen LogP contribution in [-0.2, 0) is 9.84 Å². The summed E-state index contributed by atoms with van der Waals surface area (Å²) in [6.45, 7) is 0. The molecule has 8 heteroatoms. The summed E-state index contributed by atoms with van der Waals surface area (Å²) in [6, 6.07) is 8.69. The van der Waals surface area contributed by atoms with Gasteiger partial charge in [-0.05, 0) is 74.3 Å². The Balaban J connectivity index is 1.50. The highest BCUT2D eigenvalue weighted by Crippen LogP contribution is 2.58. The summed E-state index contributed by atoms with van der Waals surface area (Å²) < 4.78 is 25.3. The van der Waals surface area contributed by atoms with Crippen molar-refractivity contribution in [1.82, 2.24) is 14.8 Å². The van der Waals surface area contributed by atoms with E-state index in [1.54, 1.807) is 30.5 Å². The molecule has 0 saturated heterocycles. The molecule has 0 atom stereocenters. The van der Waals surface area contributed by atoms with E-state index in [1.165, 1.54) is 31.9 Å². The fourth-order valence-corrected chi connectivity index (χ4v) is 5.15. The van der Waals surface area contributed by atoms with Gasteiger partial charge in [-0.2, -0.15) is 5.10 Å². The number of aromatic amines is 1. The number of hydrogen-bond acceptors (Lipinski definition) is 5. The lowest BCUT2D eigenvalue weighted by Crippen LogP contribution is -2.20. The normalized spacial score (nSPS) is 18.9. The highest BCUT2D eigenvalue weighted by atomic mass is 32.2. The maximum absolute atomic E-state index is 12.6. The molecule has 2 N–H and O–H groups in total. The second-order valence-electron chi connectivity index (χ2n) is 8.51. The highest BCUT2D eigenvalue weighted by molar-refractivity contribution is 7.90. The zero-order valence-electron chi connectivity index (χ0n) is 16.3. The lowest BCUT2D eigenvalue weighted by molar-refractivity contribution is 0.250. The molecule has 2 fully saturated rings. The van der Waals surface area contributed by atoms with Crippen molar-refractivity contribution in [3.8, 4) is 0 Å². The van der Waals surface area contributed by atoms with E-state index in [4.69, 9.17) is 5.10 Å². The van der Waals surface area contributed by atoms with Gasteiger partial charge in [0.25, 0.3) is 5.56 Å². The van der Waals surface area contributed by atoms with Crippen LogP contribution in [0, 0.1) is 5.41 Å². The number of aromatic nitrogens is 3. The predicted molar refractivity (Wildman–Crippen MR) is 112 cm³/mol. The second kappa shape index (κ2) is 6.45. The zero-order chi connectivity index (χ0) is 20.2. The average molecular weight is 413 g/mol. The number of nitrogens with one attached hydrogen (secondary N) is 2. The molecule has 2 aliphatic carbocycles. The summed E-state index contributed by atoms with van der Waals surface area (Å²) in [6.07, 6.45) is 10.2. The van der Waals surface area contributed by atoms with Gasteiger partial charge < -0.3 is 10.3 Å². The molecule has 29 heavy (non-hydrogen) atoms. The van der Waals surface area contributed by atoms with E-state index in [9.17, 15) is 13.2 Å². The topological polar surface area (TPSA) is 96.8 Å². The summed E-state index contributed by atoms with van der Waals surface area (Å²) in [5.74, 6) is 0.501. The smallest absolute Gasteiger partial charge is 0.261 e. The Morgan fingerprint density at radius 3 is 2.41 bits per heavy atom. The van der Waals surface area contributed by atoms with Crippen molar-refractivity contribution in [2.75, 3.05) is 11.6 Å². The van der Waals surface area contributed by atoms with Gasteiger partial charge in [-0.1, -0.05) is 0 Å². The van der Waals surface area contributed by atoms with Crippen LogP contribution in [0.2, 0.25) is 0 Å². The molecule has 0 radical (unpaired) electrons. The Labute approximate surface area is 169 Å². The largest absolute Gasteiger partial charge is 0.338 e. The third-order valence-corrected chi connectivity index (χ3v) is 7.62. The minimum Gasteiger partial charge on any atom is -0.338 e. The van der Waals surface area contributed by atoms with Gasteiger partial charge in [0, 0.05) is 18.1 Å². The Morgan fingerprint density at radius 1 is 1.10 bits per heavy atom. The van der Waals surface area contributed by atoms with E-state index in [1.807, 2.05) is 10.7 Å². The molecule has 0 unspecified atom stereocenters. The number of sulfone groups is 1. The van der Waals surface area contributed by atoms with Crippen LogP contribution in [0.3, 0.4) is 0 Å². The Hall–Kier alpha value is -2.61. The third-order valence-electron chi connectivity index (χ3n) is 6.49. The van der Waals surface area contributed by atoms with Crippen molar-refractivity contribution in [2.45, 2.75) is 49.5 Å². The van der Waals surface area contributed by atoms with Crippen molar-refractivity contribution < 1.29 is 8.42 Å². The number of nitrogens with zero attached hydrogens (tertiary/aromatic N) is 2. The van der Waals surface area contributed by atoms with E-state index in [0.29, 0.717) is 28.3 Å². The molecule has 3 aromatic rings. The fraction of sp³-hybridized carbons (Fsp3) is 0.429. The summed E-state index contributed by atoms with van der Waals surface area (Å²) in [5.41, 5.74) is 1.94.